The third-order valence-corrected chi connectivity index (χ3v) is 8.85. The summed E-state index contributed by atoms with van der Waals surface area (Å²) in [5.74, 6) is -1.03. The molecule has 27 heavy (non-hydrogen) atoms. The lowest BCUT2D eigenvalue weighted by molar-refractivity contribution is -0.142. The number of piperidine rings is 1. The van der Waals surface area contributed by atoms with Crippen LogP contribution in [0.5, 0.6) is 0 Å². The van der Waals surface area contributed by atoms with Gasteiger partial charge in [0.15, 0.2) is 0 Å². The molecule has 0 unspecified atom stereocenters. The van der Waals surface area contributed by atoms with Crippen LogP contribution in [0.2, 0.25) is 5.02 Å². The number of aliphatic carboxylic acids is 1. The molecule has 0 bridgehead atoms. The van der Waals surface area contributed by atoms with Crippen LogP contribution in [0.15, 0.2) is 22.4 Å². The predicted octanol–water partition coefficient (Wildman–Crippen LogP) is 3.90. The fraction of sp³-hybridized carbons (Fsp3) is 0.500. The van der Waals surface area contributed by atoms with E-state index >= 15 is 0 Å². The number of carboxylic acid groups (broad SMARTS) is 1. The van der Waals surface area contributed by atoms with Crippen LogP contribution < -0.4 is 0 Å². The zero-order chi connectivity index (χ0) is 19.6. The van der Waals surface area contributed by atoms with Gasteiger partial charge >= 0.3 is 5.97 Å². The van der Waals surface area contributed by atoms with Crippen LogP contribution in [-0.4, -0.2) is 49.6 Å². The molecule has 1 aromatic carbocycles. The van der Waals surface area contributed by atoms with Crippen LogP contribution >= 0.6 is 22.9 Å². The van der Waals surface area contributed by atoms with Crippen molar-refractivity contribution in [1.29, 1.82) is 0 Å². The van der Waals surface area contributed by atoms with E-state index in [0.717, 1.165) is 34.9 Å². The molecule has 1 fully saturated rings. The van der Waals surface area contributed by atoms with Gasteiger partial charge < -0.3 is 9.84 Å². The lowest BCUT2D eigenvalue weighted by Gasteiger charge is -2.34. The number of hydrogen-bond acceptors (Lipinski definition) is 5. The number of sulfonamides is 1. The fourth-order valence-electron chi connectivity index (χ4n) is 3.48. The van der Waals surface area contributed by atoms with Gasteiger partial charge in [-0.15, -0.1) is 11.3 Å². The molecule has 1 aliphatic rings. The number of halogens is 1. The molecule has 0 radical (unpaired) electrons. The quantitative estimate of drug-likeness (QED) is 0.672. The van der Waals surface area contributed by atoms with Crippen molar-refractivity contribution >= 4 is 49.0 Å². The second kappa shape index (κ2) is 8.45. The Balaban J connectivity index is 1.85. The highest BCUT2D eigenvalue weighted by atomic mass is 35.5. The molecular weight excluding hydrogens is 410 g/mol. The Morgan fingerprint density at radius 1 is 1.41 bits per heavy atom. The van der Waals surface area contributed by atoms with E-state index in [-0.39, 0.29) is 19.3 Å². The topological polar surface area (TPSA) is 83.9 Å². The van der Waals surface area contributed by atoms with Gasteiger partial charge in [-0.25, -0.2) is 13.2 Å². The maximum atomic E-state index is 13.4. The van der Waals surface area contributed by atoms with Crippen molar-refractivity contribution in [2.24, 2.45) is 0 Å². The number of rotatable bonds is 7. The number of hydrogen-bond donors (Lipinski definition) is 1. The molecule has 1 N–H and O–H groups in total. The standard InChI is InChI=1S/C18H22ClNO5S2/c1-12-15-10-13(19)5-6-16(15)26-18(12)27(23,24)20-8-3-2-4-14(20)7-9-25-11-17(21)22/h5-6,10,14H,2-4,7-9,11H2,1H3,(H,21,22)/t14-/m1/s1. The summed E-state index contributed by atoms with van der Waals surface area (Å²) in [5.41, 5.74) is 0.726. The Morgan fingerprint density at radius 2 is 2.19 bits per heavy atom. The molecule has 1 aromatic heterocycles. The maximum Gasteiger partial charge on any atom is 0.329 e. The summed E-state index contributed by atoms with van der Waals surface area (Å²) in [7, 11) is -3.63. The predicted molar refractivity (Wildman–Crippen MR) is 106 cm³/mol. The summed E-state index contributed by atoms with van der Waals surface area (Å²) in [4.78, 5) is 10.6. The van der Waals surface area contributed by atoms with Gasteiger partial charge in [-0.3, -0.25) is 0 Å². The van der Waals surface area contributed by atoms with E-state index in [1.54, 1.807) is 16.4 Å². The fourth-order valence-corrected chi connectivity index (χ4v) is 7.23. The second-order valence-electron chi connectivity index (χ2n) is 6.66. The van der Waals surface area contributed by atoms with Crippen molar-refractivity contribution in [3.05, 3.63) is 28.8 Å². The van der Waals surface area contributed by atoms with Crippen LogP contribution in [0.25, 0.3) is 10.1 Å². The number of aryl methyl sites for hydroxylation is 1. The Morgan fingerprint density at radius 3 is 2.93 bits per heavy atom. The molecule has 0 saturated carbocycles. The number of carboxylic acids is 1. The van der Waals surface area contributed by atoms with Crippen LogP contribution in [0.1, 0.15) is 31.2 Å². The molecule has 6 nitrogen and oxygen atoms in total. The van der Waals surface area contributed by atoms with Crippen molar-refractivity contribution in [1.82, 2.24) is 4.31 Å². The number of ether oxygens (including phenoxy) is 1. The van der Waals surface area contributed by atoms with Crippen LogP contribution in [0, 0.1) is 6.92 Å². The molecule has 3 rings (SSSR count). The third kappa shape index (κ3) is 4.46. The molecule has 1 aliphatic heterocycles. The van der Waals surface area contributed by atoms with E-state index in [4.69, 9.17) is 21.4 Å². The van der Waals surface area contributed by atoms with Gasteiger partial charge in [0.25, 0.3) is 10.0 Å². The van der Waals surface area contributed by atoms with Crippen molar-refractivity contribution in [2.45, 2.75) is 42.9 Å². The van der Waals surface area contributed by atoms with Crippen LogP contribution in [-0.2, 0) is 19.6 Å². The lowest BCUT2D eigenvalue weighted by atomic mass is 10.0. The summed E-state index contributed by atoms with van der Waals surface area (Å²) in [5, 5.41) is 10.1. The van der Waals surface area contributed by atoms with E-state index < -0.39 is 16.0 Å². The Bertz CT molecular complexity index is 941. The monoisotopic (exact) mass is 431 g/mol. The van der Waals surface area contributed by atoms with Gasteiger partial charge in [0.2, 0.25) is 0 Å². The van der Waals surface area contributed by atoms with Crippen LogP contribution in [0.4, 0.5) is 0 Å². The van der Waals surface area contributed by atoms with Crippen molar-refractivity contribution in [2.75, 3.05) is 19.8 Å². The maximum absolute atomic E-state index is 13.4. The van der Waals surface area contributed by atoms with E-state index in [2.05, 4.69) is 0 Å². The first kappa shape index (κ1) is 20.5. The highest BCUT2D eigenvalue weighted by molar-refractivity contribution is 7.91. The highest BCUT2D eigenvalue weighted by Gasteiger charge is 2.35. The molecule has 0 amide bonds. The minimum atomic E-state index is -3.63. The minimum absolute atomic E-state index is 0.175. The van der Waals surface area contributed by atoms with Crippen molar-refractivity contribution in [3.63, 3.8) is 0 Å². The van der Waals surface area contributed by atoms with E-state index in [1.165, 1.54) is 11.3 Å². The average Bonchev–Trinajstić information content (AvgIpc) is 2.96. The normalized spacial score (nSPS) is 18.8. The average molecular weight is 432 g/mol. The largest absolute Gasteiger partial charge is 0.480 e. The smallest absolute Gasteiger partial charge is 0.329 e. The van der Waals surface area contributed by atoms with Gasteiger partial charge in [0.05, 0.1) is 0 Å². The lowest BCUT2D eigenvalue weighted by Crippen LogP contribution is -2.44. The zero-order valence-corrected chi connectivity index (χ0v) is 17.4. The second-order valence-corrected chi connectivity index (χ2v) is 10.2. The van der Waals surface area contributed by atoms with Gasteiger partial charge in [0, 0.05) is 28.9 Å². The highest BCUT2D eigenvalue weighted by Crippen LogP contribution is 2.38. The zero-order valence-electron chi connectivity index (χ0n) is 15.0. The first-order valence-electron chi connectivity index (χ1n) is 8.80. The molecule has 1 saturated heterocycles. The van der Waals surface area contributed by atoms with Gasteiger partial charge in [-0.2, -0.15) is 4.31 Å². The number of carbonyl (C=O) groups is 1. The van der Waals surface area contributed by atoms with E-state index in [0.29, 0.717) is 22.2 Å². The minimum Gasteiger partial charge on any atom is -0.480 e. The Labute approximate surface area is 167 Å². The third-order valence-electron chi connectivity index (χ3n) is 4.79. The summed E-state index contributed by atoms with van der Waals surface area (Å²) in [6, 6.07) is 5.24. The SMILES string of the molecule is Cc1c(S(=O)(=O)N2CCCC[C@@H]2CCOCC(=O)O)sc2ccc(Cl)cc12. The number of fused-ring (bicyclic) bond motifs is 1. The van der Waals surface area contributed by atoms with E-state index in [1.807, 2.05) is 13.0 Å². The molecule has 1 atom stereocenters. The molecular formula is C18H22ClNO5S2. The van der Waals surface area contributed by atoms with Crippen molar-refractivity contribution in [3.8, 4) is 0 Å². The summed E-state index contributed by atoms with van der Waals surface area (Å²) < 4.78 is 34.7. The first-order valence-corrected chi connectivity index (χ1v) is 11.4. The molecule has 0 spiro atoms. The molecule has 148 valence electrons. The Kier molecular flexibility index (Phi) is 6.43. The molecule has 9 heteroatoms. The first-order chi connectivity index (χ1) is 12.8. The summed E-state index contributed by atoms with van der Waals surface area (Å²) in [6.45, 7) is 2.15. The summed E-state index contributed by atoms with van der Waals surface area (Å²) in [6.07, 6.45) is 3.02. The van der Waals surface area contributed by atoms with Gasteiger partial charge in [-0.05, 0) is 55.3 Å². The van der Waals surface area contributed by atoms with Gasteiger partial charge in [-0.1, -0.05) is 18.0 Å². The number of benzene rings is 1. The molecule has 2 heterocycles. The summed E-state index contributed by atoms with van der Waals surface area (Å²) >= 11 is 7.34. The van der Waals surface area contributed by atoms with E-state index in [9.17, 15) is 13.2 Å². The molecule has 0 aliphatic carbocycles. The van der Waals surface area contributed by atoms with Crippen LogP contribution in [0.3, 0.4) is 0 Å². The Hall–Kier alpha value is -1.19. The number of thiophene rings is 1. The number of nitrogens with zero attached hydrogens (tertiary/aromatic N) is 1. The van der Waals surface area contributed by atoms with Crippen molar-refractivity contribution < 1.29 is 23.1 Å². The van der Waals surface area contributed by atoms with Gasteiger partial charge in [0.1, 0.15) is 10.8 Å². The molecule has 2 aromatic rings.